The van der Waals surface area contributed by atoms with E-state index in [1.165, 1.54) is 13.2 Å². The molecule has 0 saturated carbocycles. The third-order valence-electron chi connectivity index (χ3n) is 3.35. The van der Waals surface area contributed by atoms with E-state index in [1.54, 1.807) is 30.5 Å². The van der Waals surface area contributed by atoms with Crippen molar-refractivity contribution in [2.45, 2.75) is 0 Å². The highest BCUT2D eigenvalue weighted by Crippen LogP contribution is 2.28. The number of nitrogens with one attached hydrogen (secondary N) is 1. The molecule has 23 heavy (non-hydrogen) atoms. The summed E-state index contributed by atoms with van der Waals surface area (Å²) in [4.78, 5) is 16.4. The number of fused-ring (bicyclic) bond motifs is 1. The Labute approximate surface area is 130 Å². The van der Waals surface area contributed by atoms with E-state index in [1.807, 2.05) is 0 Å². The van der Waals surface area contributed by atoms with Gasteiger partial charge in [-0.25, -0.2) is 8.78 Å². The number of halogens is 2. The molecule has 0 aliphatic rings. The summed E-state index contributed by atoms with van der Waals surface area (Å²) >= 11 is 0. The highest BCUT2D eigenvalue weighted by Gasteiger charge is 2.18. The molecular formula is C17H12F2N2O2. The van der Waals surface area contributed by atoms with E-state index in [0.29, 0.717) is 17.0 Å². The number of methoxy groups -OCH3 is 1. The molecule has 0 atom stereocenters. The quantitative estimate of drug-likeness (QED) is 0.800. The van der Waals surface area contributed by atoms with E-state index in [0.717, 1.165) is 17.5 Å². The summed E-state index contributed by atoms with van der Waals surface area (Å²) in [7, 11) is 1.49. The topological polar surface area (TPSA) is 51.2 Å². The van der Waals surface area contributed by atoms with Gasteiger partial charge in [-0.15, -0.1) is 0 Å². The number of hydrogen-bond donors (Lipinski definition) is 1. The smallest absolute Gasteiger partial charge is 0.261 e. The molecule has 0 fully saturated rings. The zero-order valence-electron chi connectivity index (χ0n) is 12.1. The van der Waals surface area contributed by atoms with Crippen molar-refractivity contribution >= 4 is 22.5 Å². The molecule has 2 aromatic carbocycles. The average Bonchev–Trinajstić information content (AvgIpc) is 2.54. The van der Waals surface area contributed by atoms with E-state index >= 15 is 0 Å². The van der Waals surface area contributed by atoms with Crippen LogP contribution in [-0.4, -0.2) is 18.0 Å². The zero-order chi connectivity index (χ0) is 16.4. The Morgan fingerprint density at radius 2 is 1.87 bits per heavy atom. The van der Waals surface area contributed by atoms with Crippen LogP contribution in [0.2, 0.25) is 0 Å². The van der Waals surface area contributed by atoms with Crippen molar-refractivity contribution in [2.75, 3.05) is 12.4 Å². The standard InChI is InChI=1S/C17H12F2N2O2/c1-23-11-8-10-4-3-7-20-16(10)14(9-11)21-17(22)15-12(18)5-2-6-13(15)19/h2-9H,1H3,(H,21,22). The SMILES string of the molecule is COc1cc(NC(=O)c2c(F)cccc2F)c2ncccc2c1. The number of pyridine rings is 1. The Hall–Kier alpha value is -3.02. The molecule has 0 spiro atoms. The van der Waals surface area contributed by atoms with Crippen LogP contribution < -0.4 is 10.1 Å². The van der Waals surface area contributed by atoms with E-state index in [-0.39, 0.29) is 0 Å². The molecule has 1 N–H and O–H groups in total. The van der Waals surface area contributed by atoms with Gasteiger partial charge in [0.2, 0.25) is 0 Å². The number of benzene rings is 2. The molecule has 1 amide bonds. The predicted molar refractivity (Wildman–Crippen MR) is 82.6 cm³/mol. The molecule has 3 rings (SSSR count). The lowest BCUT2D eigenvalue weighted by molar-refractivity contribution is 0.101. The molecule has 1 heterocycles. The highest BCUT2D eigenvalue weighted by atomic mass is 19.1. The minimum absolute atomic E-state index is 0.313. The van der Waals surface area contributed by atoms with Gasteiger partial charge in [0.1, 0.15) is 22.9 Å². The Kier molecular flexibility index (Phi) is 3.89. The molecule has 0 unspecified atom stereocenters. The van der Waals surface area contributed by atoms with Crippen molar-refractivity contribution in [1.82, 2.24) is 4.98 Å². The van der Waals surface area contributed by atoms with Gasteiger partial charge in [0.05, 0.1) is 18.3 Å². The fourth-order valence-corrected chi connectivity index (χ4v) is 2.28. The summed E-state index contributed by atoms with van der Waals surface area (Å²) in [5.41, 5.74) is 0.172. The third kappa shape index (κ3) is 2.83. The number of hydrogen-bond acceptors (Lipinski definition) is 3. The van der Waals surface area contributed by atoms with Crippen LogP contribution in [0.1, 0.15) is 10.4 Å². The van der Waals surface area contributed by atoms with Gasteiger partial charge in [0.15, 0.2) is 0 Å². The van der Waals surface area contributed by atoms with Crippen LogP contribution in [0.5, 0.6) is 5.75 Å². The molecule has 0 aliphatic heterocycles. The monoisotopic (exact) mass is 314 g/mol. The zero-order valence-corrected chi connectivity index (χ0v) is 12.1. The molecule has 116 valence electrons. The Morgan fingerprint density at radius 3 is 2.57 bits per heavy atom. The molecule has 3 aromatic rings. The van der Waals surface area contributed by atoms with Gasteiger partial charge in [-0.05, 0) is 24.3 Å². The van der Waals surface area contributed by atoms with Gasteiger partial charge in [0, 0.05) is 17.6 Å². The van der Waals surface area contributed by atoms with E-state index in [4.69, 9.17) is 4.74 Å². The van der Waals surface area contributed by atoms with Gasteiger partial charge in [0.25, 0.3) is 5.91 Å². The van der Waals surface area contributed by atoms with Gasteiger partial charge in [-0.3, -0.25) is 9.78 Å². The fourth-order valence-electron chi connectivity index (χ4n) is 2.28. The number of nitrogens with zero attached hydrogens (tertiary/aromatic N) is 1. The number of ether oxygens (including phenoxy) is 1. The Balaban J connectivity index is 2.06. The molecule has 0 bridgehead atoms. The number of anilines is 1. The first-order valence-electron chi connectivity index (χ1n) is 6.78. The maximum Gasteiger partial charge on any atom is 0.261 e. The van der Waals surface area contributed by atoms with Gasteiger partial charge in [-0.1, -0.05) is 12.1 Å². The minimum Gasteiger partial charge on any atom is -0.497 e. The fraction of sp³-hybridized carbons (Fsp3) is 0.0588. The summed E-state index contributed by atoms with van der Waals surface area (Å²) in [6, 6.07) is 10.1. The lowest BCUT2D eigenvalue weighted by atomic mass is 10.1. The Bertz CT molecular complexity index is 877. The van der Waals surface area contributed by atoms with Crippen LogP contribution in [0, 0.1) is 11.6 Å². The minimum atomic E-state index is -0.928. The van der Waals surface area contributed by atoms with E-state index in [2.05, 4.69) is 10.3 Å². The van der Waals surface area contributed by atoms with Crippen molar-refractivity contribution in [3.05, 3.63) is 65.9 Å². The van der Waals surface area contributed by atoms with Gasteiger partial charge < -0.3 is 10.1 Å². The highest BCUT2D eigenvalue weighted by molar-refractivity contribution is 6.08. The van der Waals surface area contributed by atoms with Crippen LogP contribution in [-0.2, 0) is 0 Å². The van der Waals surface area contributed by atoms with Crippen molar-refractivity contribution in [2.24, 2.45) is 0 Å². The van der Waals surface area contributed by atoms with Crippen LogP contribution in [0.25, 0.3) is 10.9 Å². The predicted octanol–water partition coefficient (Wildman–Crippen LogP) is 3.77. The van der Waals surface area contributed by atoms with Crippen molar-refractivity contribution in [3.8, 4) is 5.75 Å². The molecule has 4 nitrogen and oxygen atoms in total. The first-order chi connectivity index (χ1) is 11.1. The number of amides is 1. The molecule has 0 radical (unpaired) electrons. The summed E-state index contributed by atoms with van der Waals surface area (Å²) in [5, 5.41) is 3.23. The van der Waals surface area contributed by atoms with Crippen LogP contribution in [0.15, 0.2) is 48.7 Å². The normalized spacial score (nSPS) is 10.6. The van der Waals surface area contributed by atoms with E-state index in [9.17, 15) is 13.6 Å². The Morgan fingerprint density at radius 1 is 1.13 bits per heavy atom. The van der Waals surface area contributed by atoms with Crippen molar-refractivity contribution < 1.29 is 18.3 Å². The number of carbonyl (C=O) groups is 1. The molecule has 0 aliphatic carbocycles. The molecule has 0 saturated heterocycles. The number of rotatable bonds is 3. The summed E-state index contributed by atoms with van der Waals surface area (Å²) in [5.74, 6) is -2.25. The number of aromatic nitrogens is 1. The average molecular weight is 314 g/mol. The second-order valence-corrected chi connectivity index (χ2v) is 4.80. The van der Waals surface area contributed by atoms with Crippen LogP contribution in [0.4, 0.5) is 14.5 Å². The second-order valence-electron chi connectivity index (χ2n) is 4.80. The van der Waals surface area contributed by atoms with Crippen molar-refractivity contribution in [1.29, 1.82) is 0 Å². The summed E-state index contributed by atoms with van der Waals surface area (Å²) in [6.45, 7) is 0. The lowest BCUT2D eigenvalue weighted by Gasteiger charge is -2.11. The summed E-state index contributed by atoms with van der Waals surface area (Å²) in [6.07, 6.45) is 1.56. The largest absolute Gasteiger partial charge is 0.497 e. The molecular weight excluding hydrogens is 302 g/mol. The maximum atomic E-state index is 13.7. The molecule has 6 heteroatoms. The maximum absolute atomic E-state index is 13.7. The molecule has 1 aromatic heterocycles. The third-order valence-corrected chi connectivity index (χ3v) is 3.35. The van der Waals surface area contributed by atoms with Gasteiger partial charge in [-0.2, -0.15) is 0 Å². The van der Waals surface area contributed by atoms with E-state index < -0.39 is 23.1 Å². The van der Waals surface area contributed by atoms with Gasteiger partial charge >= 0.3 is 0 Å². The van der Waals surface area contributed by atoms with Crippen LogP contribution >= 0.6 is 0 Å². The lowest BCUT2D eigenvalue weighted by Crippen LogP contribution is -2.16. The van der Waals surface area contributed by atoms with Crippen LogP contribution in [0.3, 0.4) is 0 Å². The second kappa shape index (κ2) is 6.00. The number of carbonyl (C=O) groups excluding carboxylic acids is 1. The summed E-state index contributed by atoms with van der Waals surface area (Å²) < 4.78 is 32.6. The first kappa shape index (κ1) is 14.9. The first-order valence-corrected chi connectivity index (χ1v) is 6.78. The van der Waals surface area contributed by atoms with Crippen molar-refractivity contribution in [3.63, 3.8) is 0 Å².